The molecule has 29 heavy (non-hydrogen) atoms. The largest absolute Gasteiger partial charge is 0.146 e. The molecule has 4 heteroatoms. The molecule has 1 aromatic rings. The molecule has 0 saturated carbocycles. The molecule has 0 aromatic heterocycles. The number of hydrogen-bond acceptors (Lipinski definition) is 0. The Bertz CT molecular complexity index is 799. The summed E-state index contributed by atoms with van der Waals surface area (Å²) in [5, 5.41) is 0. The quantitative estimate of drug-likeness (QED) is 0.253. The molecule has 0 heterocycles. The van der Waals surface area contributed by atoms with Crippen LogP contribution in [0.25, 0.3) is 0 Å². The first-order valence-corrected chi connectivity index (χ1v) is 17.8. The lowest BCUT2D eigenvalue weighted by atomic mass is 9.82. The van der Waals surface area contributed by atoms with Crippen LogP contribution < -0.4 is 0 Å². The summed E-state index contributed by atoms with van der Waals surface area (Å²) in [4.78, 5) is 0. The van der Waals surface area contributed by atoms with Gasteiger partial charge in [0.1, 0.15) is 21.6 Å². The second kappa shape index (κ2) is 10.7. The van der Waals surface area contributed by atoms with Gasteiger partial charge in [-0.15, -0.1) is 11.1 Å². The summed E-state index contributed by atoms with van der Waals surface area (Å²) in [7, 11) is -3.44. The number of hydrogen-bond donors (Lipinski definition) is 0. The molecule has 0 spiro atoms. The first-order chi connectivity index (χ1) is 13.3. The Labute approximate surface area is 198 Å². The zero-order chi connectivity index (χ0) is 22.5. The van der Waals surface area contributed by atoms with E-state index in [-0.39, 0.29) is 0 Å². The van der Waals surface area contributed by atoms with Crippen molar-refractivity contribution >= 4 is 48.0 Å². The van der Waals surface area contributed by atoms with E-state index in [4.69, 9.17) is 0 Å². The van der Waals surface area contributed by atoms with E-state index in [0.717, 1.165) is 8.96 Å². The summed E-state index contributed by atoms with van der Waals surface area (Å²) in [5.41, 5.74) is 9.81. The van der Waals surface area contributed by atoms with Crippen molar-refractivity contribution in [1.29, 1.82) is 0 Å². The Kier molecular flexibility index (Phi) is 9.76. The van der Waals surface area contributed by atoms with Crippen molar-refractivity contribution in [3.8, 4) is 22.9 Å². The van der Waals surface area contributed by atoms with Crippen molar-refractivity contribution < 1.29 is 0 Å². The fourth-order valence-corrected chi connectivity index (χ4v) is 10.7. The third kappa shape index (κ3) is 7.00. The van der Waals surface area contributed by atoms with Gasteiger partial charge in [-0.2, -0.15) is 0 Å². The van der Waals surface area contributed by atoms with E-state index in [0.29, 0.717) is 16.6 Å². The highest BCUT2D eigenvalue weighted by Crippen LogP contribution is 2.41. The van der Waals surface area contributed by atoms with Crippen LogP contribution >= 0.6 is 31.9 Å². The minimum atomic E-state index is -1.87. The van der Waals surface area contributed by atoms with Crippen LogP contribution in [-0.4, -0.2) is 16.1 Å². The molecular formula is C25H36Br2Si2. The van der Waals surface area contributed by atoms with Crippen molar-refractivity contribution in [1.82, 2.24) is 0 Å². The number of allylic oxidation sites excluding steroid dienone is 1. The Morgan fingerprint density at radius 1 is 0.828 bits per heavy atom. The predicted molar refractivity (Wildman–Crippen MR) is 144 cm³/mol. The lowest BCUT2D eigenvalue weighted by molar-refractivity contribution is 0.836. The van der Waals surface area contributed by atoms with Gasteiger partial charge in [0.05, 0.1) is 3.39 Å². The molecule has 0 unspecified atom stereocenters. The monoisotopic (exact) mass is 550 g/mol. The van der Waals surface area contributed by atoms with Gasteiger partial charge in [-0.1, -0.05) is 103 Å². The van der Waals surface area contributed by atoms with Crippen LogP contribution in [0.4, 0.5) is 0 Å². The molecule has 1 aromatic carbocycles. The van der Waals surface area contributed by atoms with Gasteiger partial charge in [-0.05, 0) is 60.1 Å². The molecule has 1 atom stereocenters. The van der Waals surface area contributed by atoms with E-state index >= 15 is 0 Å². The zero-order valence-corrected chi connectivity index (χ0v) is 24.6. The van der Waals surface area contributed by atoms with Gasteiger partial charge >= 0.3 is 0 Å². The second-order valence-electron chi connectivity index (χ2n) is 9.76. The lowest BCUT2D eigenvalue weighted by Crippen LogP contribution is -2.43. The minimum absolute atomic E-state index is 0.588. The molecule has 1 rings (SSSR count). The van der Waals surface area contributed by atoms with Gasteiger partial charge in [-0.3, -0.25) is 0 Å². The van der Waals surface area contributed by atoms with Crippen LogP contribution in [0.15, 0.2) is 39.8 Å². The van der Waals surface area contributed by atoms with Crippen molar-refractivity contribution in [2.45, 2.75) is 83.2 Å². The first kappa shape index (κ1) is 26.5. The summed E-state index contributed by atoms with van der Waals surface area (Å²) in [5.74, 6) is 7.40. The average molecular weight is 553 g/mol. The maximum Gasteiger partial charge on any atom is 0.146 e. The summed E-state index contributed by atoms with van der Waals surface area (Å²) in [6.45, 7) is 21.0. The maximum absolute atomic E-state index is 3.93. The highest BCUT2D eigenvalue weighted by molar-refractivity contribution is 9.28. The van der Waals surface area contributed by atoms with Crippen molar-refractivity contribution in [2.75, 3.05) is 0 Å². The van der Waals surface area contributed by atoms with Crippen LogP contribution in [-0.2, 0) is 5.41 Å². The molecule has 0 bridgehead atoms. The van der Waals surface area contributed by atoms with Gasteiger partial charge in [-0.25, -0.2) is 0 Å². The Balaban J connectivity index is 3.94. The topological polar surface area (TPSA) is 0 Å². The molecule has 0 amide bonds. The highest BCUT2D eigenvalue weighted by atomic mass is 79.9. The molecular weight excluding hydrogens is 516 g/mol. The van der Waals surface area contributed by atoms with Crippen molar-refractivity contribution in [2.24, 2.45) is 0 Å². The minimum Gasteiger partial charge on any atom is -0.130 e. The summed E-state index contributed by atoms with van der Waals surface area (Å²) in [6, 6.07) is 10.5. The molecule has 0 aliphatic rings. The molecule has 0 N–H and O–H groups in total. The zero-order valence-electron chi connectivity index (χ0n) is 19.5. The summed E-state index contributed by atoms with van der Waals surface area (Å²) < 4.78 is 0.888. The summed E-state index contributed by atoms with van der Waals surface area (Å²) >= 11 is 7.20. The fourth-order valence-electron chi connectivity index (χ4n) is 4.12. The van der Waals surface area contributed by atoms with E-state index in [9.17, 15) is 0 Å². The van der Waals surface area contributed by atoms with Gasteiger partial charge in [0.2, 0.25) is 0 Å². The molecule has 0 fully saturated rings. The van der Waals surface area contributed by atoms with Gasteiger partial charge in [0.25, 0.3) is 0 Å². The van der Waals surface area contributed by atoms with Crippen molar-refractivity contribution in [3.05, 3.63) is 45.4 Å². The summed E-state index contributed by atoms with van der Waals surface area (Å²) in [6.07, 6.45) is 2.13. The van der Waals surface area contributed by atoms with Gasteiger partial charge in [0.15, 0.2) is 0 Å². The van der Waals surface area contributed by atoms with Crippen LogP contribution in [0, 0.1) is 22.9 Å². The Hall–Kier alpha value is -0.526. The third-order valence-corrected chi connectivity index (χ3v) is 13.2. The van der Waals surface area contributed by atoms with Crippen LogP contribution in [0.3, 0.4) is 0 Å². The second-order valence-corrected chi connectivity index (χ2v) is 22.9. The highest BCUT2D eigenvalue weighted by Gasteiger charge is 2.42. The number of rotatable bonds is 5. The molecule has 158 valence electrons. The fraction of sp³-hybridized carbons (Fsp3) is 0.520. The molecule has 0 saturated heterocycles. The average Bonchev–Trinajstić information content (AvgIpc) is 2.58. The number of benzene rings is 1. The molecule has 0 aliphatic carbocycles. The van der Waals surface area contributed by atoms with E-state index in [1.807, 2.05) is 0 Å². The molecule has 0 radical (unpaired) electrons. The Morgan fingerprint density at radius 2 is 1.28 bits per heavy atom. The molecule has 0 aliphatic heterocycles. The van der Waals surface area contributed by atoms with E-state index in [1.54, 1.807) is 0 Å². The normalized spacial score (nSPS) is 14.0. The Morgan fingerprint density at radius 3 is 1.66 bits per heavy atom. The molecule has 0 nitrogen and oxygen atoms in total. The van der Waals surface area contributed by atoms with Gasteiger partial charge in [0, 0.05) is 0 Å². The smallest absolute Gasteiger partial charge is 0.130 e. The maximum atomic E-state index is 3.93. The van der Waals surface area contributed by atoms with Crippen molar-refractivity contribution in [3.63, 3.8) is 0 Å². The van der Waals surface area contributed by atoms with E-state index < -0.39 is 21.6 Å². The van der Waals surface area contributed by atoms with E-state index in [1.165, 1.54) is 0 Å². The van der Waals surface area contributed by atoms with Crippen LogP contribution in [0.2, 0.25) is 36.3 Å². The van der Waals surface area contributed by atoms with Crippen LogP contribution in [0.1, 0.15) is 47.1 Å². The first-order valence-electron chi connectivity index (χ1n) is 10.4. The predicted octanol–water partition coefficient (Wildman–Crippen LogP) is 8.66. The third-order valence-electron chi connectivity index (χ3n) is 5.53. The lowest BCUT2D eigenvalue weighted by Gasteiger charge is -2.38. The van der Waals surface area contributed by atoms with E-state index in [2.05, 4.69) is 152 Å². The standard InChI is InChI=1S/C25H36Br2Si2/c1-20(2)29(21(3)4,22(5)6)18-16-25(19-24(26)27,15-17-28(7,8)9)23-13-11-10-12-14-23/h10-14,19-22H,1-9H3/t25-/m1/s1. The van der Waals surface area contributed by atoms with Gasteiger partial charge < -0.3 is 0 Å². The van der Waals surface area contributed by atoms with Crippen LogP contribution in [0.5, 0.6) is 0 Å². The SMILES string of the molecule is CC(C)[Si](C#C[C@](C#C[Si](C)(C)C)(C=C(Br)Br)c1ccccc1)(C(C)C)C(C)C. The number of halogens is 2.